The van der Waals surface area contributed by atoms with Crippen LogP contribution in [-0.2, 0) is 5.41 Å². The second-order valence-electron chi connectivity index (χ2n) is 13.8. The van der Waals surface area contributed by atoms with Gasteiger partial charge in [0.15, 0.2) is 0 Å². The van der Waals surface area contributed by atoms with Crippen molar-refractivity contribution in [3.05, 3.63) is 163 Å². The van der Waals surface area contributed by atoms with Gasteiger partial charge in [-0.2, -0.15) is 0 Å². The molecular weight excluding hydrogens is 583 g/mol. The zero-order valence-corrected chi connectivity index (χ0v) is 26.8. The number of hydrogen-bond donors (Lipinski definition) is 0. The lowest BCUT2D eigenvalue weighted by molar-refractivity contribution is 0.660. The SMILES string of the molecule is CC1(C)c2ccccc2-c2ccc(-n3c4ccccc4c4ccc5c6cccc7c6n(c5c43)-c3ccccc3N7c3ccccc3)cc21. The van der Waals surface area contributed by atoms with Gasteiger partial charge in [-0.15, -0.1) is 0 Å². The van der Waals surface area contributed by atoms with Crippen molar-refractivity contribution in [2.24, 2.45) is 0 Å². The maximum Gasteiger partial charge on any atom is 0.0790 e. The summed E-state index contributed by atoms with van der Waals surface area (Å²) in [5, 5.41) is 5.07. The molecule has 0 fully saturated rings. The molecule has 0 atom stereocenters. The topological polar surface area (TPSA) is 13.1 Å². The lowest BCUT2D eigenvalue weighted by atomic mass is 9.82. The smallest absolute Gasteiger partial charge is 0.0790 e. The average Bonchev–Trinajstić information content (AvgIpc) is 3.73. The number of benzene rings is 7. The molecule has 0 radical (unpaired) electrons. The van der Waals surface area contributed by atoms with Crippen LogP contribution in [0, 0.1) is 0 Å². The number of nitrogens with zero attached hydrogens (tertiary/aromatic N) is 3. The third-order valence-electron chi connectivity index (χ3n) is 11.0. The molecule has 0 spiro atoms. The molecule has 226 valence electrons. The first-order valence-electron chi connectivity index (χ1n) is 16.8. The molecule has 2 aromatic heterocycles. The van der Waals surface area contributed by atoms with E-state index in [0.29, 0.717) is 0 Å². The summed E-state index contributed by atoms with van der Waals surface area (Å²) in [6.45, 7) is 4.73. The van der Waals surface area contributed by atoms with E-state index in [1.807, 2.05) is 0 Å². The van der Waals surface area contributed by atoms with Crippen LogP contribution in [0.25, 0.3) is 66.1 Å². The average molecular weight is 614 g/mol. The Hall–Kier alpha value is -6.06. The third-order valence-corrected chi connectivity index (χ3v) is 11.0. The van der Waals surface area contributed by atoms with Crippen LogP contribution in [-0.4, -0.2) is 9.13 Å². The zero-order chi connectivity index (χ0) is 31.7. The summed E-state index contributed by atoms with van der Waals surface area (Å²) in [6.07, 6.45) is 0. The molecule has 0 saturated carbocycles. The Kier molecular flexibility index (Phi) is 4.91. The molecule has 7 aromatic carbocycles. The van der Waals surface area contributed by atoms with Gasteiger partial charge in [0.2, 0.25) is 0 Å². The summed E-state index contributed by atoms with van der Waals surface area (Å²) in [5.74, 6) is 0. The molecule has 0 N–H and O–H groups in total. The lowest BCUT2D eigenvalue weighted by Gasteiger charge is -2.33. The highest BCUT2D eigenvalue weighted by Crippen LogP contribution is 2.53. The van der Waals surface area contributed by atoms with Gasteiger partial charge in [0, 0.05) is 38.3 Å². The van der Waals surface area contributed by atoms with Crippen molar-refractivity contribution in [1.82, 2.24) is 9.13 Å². The minimum absolute atomic E-state index is 0.0828. The van der Waals surface area contributed by atoms with E-state index in [-0.39, 0.29) is 5.41 Å². The summed E-state index contributed by atoms with van der Waals surface area (Å²) in [5.41, 5.74) is 16.3. The van der Waals surface area contributed by atoms with Gasteiger partial charge in [-0.3, -0.25) is 0 Å². The minimum Gasteiger partial charge on any atom is -0.307 e. The Morgan fingerprint density at radius 3 is 1.90 bits per heavy atom. The summed E-state index contributed by atoms with van der Waals surface area (Å²) in [7, 11) is 0. The van der Waals surface area contributed by atoms with Crippen LogP contribution in [0.2, 0.25) is 0 Å². The molecule has 0 saturated heterocycles. The number of rotatable bonds is 2. The highest BCUT2D eigenvalue weighted by Gasteiger charge is 2.36. The first-order valence-corrected chi connectivity index (χ1v) is 16.8. The molecule has 48 heavy (non-hydrogen) atoms. The van der Waals surface area contributed by atoms with Crippen molar-refractivity contribution in [3.8, 4) is 22.5 Å². The van der Waals surface area contributed by atoms with E-state index >= 15 is 0 Å². The van der Waals surface area contributed by atoms with Gasteiger partial charge in [0.25, 0.3) is 0 Å². The summed E-state index contributed by atoms with van der Waals surface area (Å²) in [6, 6.07) is 56.0. The van der Waals surface area contributed by atoms with Crippen LogP contribution in [0.3, 0.4) is 0 Å². The number of anilines is 3. The van der Waals surface area contributed by atoms with Crippen LogP contribution < -0.4 is 4.90 Å². The van der Waals surface area contributed by atoms with Crippen molar-refractivity contribution in [2.45, 2.75) is 19.3 Å². The molecule has 11 rings (SSSR count). The van der Waals surface area contributed by atoms with Gasteiger partial charge in [-0.25, -0.2) is 0 Å². The van der Waals surface area contributed by atoms with Gasteiger partial charge in [-0.05, 0) is 70.8 Å². The molecule has 9 aromatic rings. The molecule has 2 aliphatic rings. The van der Waals surface area contributed by atoms with Gasteiger partial charge in [0.1, 0.15) is 0 Å². The summed E-state index contributed by atoms with van der Waals surface area (Å²) >= 11 is 0. The van der Waals surface area contributed by atoms with E-state index in [2.05, 4.69) is 180 Å². The molecule has 3 heterocycles. The second-order valence-corrected chi connectivity index (χ2v) is 13.8. The number of hydrogen-bond acceptors (Lipinski definition) is 1. The molecule has 1 aliphatic carbocycles. The number of aromatic nitrogens is 2. The molecule has 0 amide bonds. The van der Waals surface area contributed by atoms with Crippen LogP contribution in [0.5, 0.6) is 0 Å². The first-order chi connectivity index (χ1) is 23.6. The number of para-hydroxylation sites is 5. The lowest BCUT2D eigenvalue weighted by Crippen LogP contribution is -2.18. The van der Waals surface area contributed by atoms with Crippen LogP contribution in [0.1, 0.15) is 25.0 Å². The zero-order valence-electron chi connectivity index (χ0n) is 26.8. The maximum atomic E-state index is 2.54. The van der Waals surface area contributed by atoms with E-state index in [9.17, 15) is 0 Å². The fourth-order valence-corrected chi connectivity index (χ4v) is 8.93. The van der Waals surface area contributed by atoms with E-state index in [1.165, 1.54) is 88.6 Å². The van der Waals surface area contributed by atoms with E-state index in [1.54, 1.807) is 0 Å². The summed E-state index contributed by atoms with van der Waals surface area (Å²) in [4.78, 5) is 2.42. The van der Waals surface area contributed by atoms with E-state index in [4.69, 9.17) is 0 Å². The van der Waals surface area contributed by atoms with Crippen molar-refractivity contribution in [3.63, 3.8) is 0 Å². The molecular formula is C45H31N3. The predicted octanol–water partition coefficient (Wildman–Crippen LogP) is 12.0. The number of fused-ring (bicyclic) bond motifs is 12. The Balaban J connectivity index is 1.30. The Morgan fingerprint density at radius 2 is 1.02 bits per heavy atom. The Morgan fingerprint density at radius 1 is 0.396 bits per heavy atom. The normalized spacial score (nSPS) is 14.2. The molecule has 0 unspecified atom stereocenters. The largest absolute Gasteiger partial charge is 0.307 e. The predicted molar refractivity (Wildman–Crippen MR) is 201 cm³/mol. The molecule has 3 nitrogen and oxygen atoms in total. The highest BCUT2D eigenvalue weighted by molar-refractivity contribution is 6.26. The fourth-order valence-electron chi connectivity index (χ4n) is 8.93. The molecule has 3 heteroatoms. The van der Waals surface area contributed by atoms with E-state index in [0.717, 1.165) is 5.69 Å². The van der Waals surface area contributed by atoms with Crippen molar-refractivity contribution >= 4 is 60.7 Å². The van der Waals surface area contributed by atoms with Crippen LogP contribution >= 0.6 is 0 Å². The second kappa shape index (κ2) is 9.05. The Labute approximate surface area is 278 Å². The van der Waals surface area contributed by atoms with Crippen LogP contribution in [0.15, 0.2) is 152 Å². The molecule has 0 bridgehead atoms. The van der Waals surface area contributed by atoms with Gasteiger partial charge < -0.3 is 14.0 Å². The first kappa shape index (κ1) is 26.1. The summed E-state index contributed by atoms with van der Waals surface area (Å²) < 4.78 is 5.07. The monoisotopic (exact) mass is 613 g/mol. The van der Waals surface area contributed by atoms with Crippen molar-refractivity contribution in [2.75, 3.05) is 4.90 Å². The quantitative estimate of drug-likeness (QED) is 0.189. The third kappa shape index (κ3) is 3.14. The van der Waals surface area contributed by atoms with Crippen LogP contribution in [0.4, 0.5) is 17.1 Å². The standard InChI is InChI=1S/C45H31N3/c1-45(2)36-18-8-6-15-30(36)31-24-23-29(27-37(31)45)47-38-19-9-7-16-32(38)34-25-26-35-33-17-12-22-41-42(33)48(44(35)43(34)47)40-21-11-10-20-39(40)46(41)28-13-4-3-5-14-28/h3-27H,1-2H3. The fraction of sp³-hybridized carbons (Fsp3) is 0.0667. The molecule has 1 aliphatic heterocycles. The minimum atomic E-state index is -0.0828. The highest BCUT2D eigenvalue weighted by atomic mass is 15.2. The maximum absolute atomic E-state index is 2.54. The van der Waals surface area contributed by atoms with Gasteiger partial charge >= 0.3 is 0 Å². The van der Waals surface area contributed by atoms with E-state index < -0.39 is 0 Å². The van der Waals surface area contributed by atoms with Gasteiger partial charge in [0.05, 0.1) is 39.1 Å². The Bertz CT molecular complexity index is 2810. The van der Waals surface area contributed by atoms with Crippen molar-refractivity contribution in [1.29, 1.82) is 0 Å². The van der Waals surface area contributed by atoms with Gasteiger partial charge in [-0.1, -0.05) is 117 Å². The van der Waals surface area contributed by atoms with Crippen molar-refractivity contribution < 1.29 is 0 Å².